The first-order valence-electron chi connectivity index (χ1n) is 9.20. The maximum atomic E-state index is 12.6. The van der Waals surface area contributed by atoms with Crippen LogP contribution in [-0.2, 0) is 4.79 Å². The van der Waals surface area contributed by atoms with Crippen LogP contribution in [0, 0.1) is 0 Å². The van der Waals surface area contributed by atoms with Crippen LogP contribution in [0.3, 0.4) is 0 Å². The van der Waals surface area contributed by atoms with Crippen LogP contribution in [-0.4, -0.2) is 35.8 Å². The Balaban J connectivity index is 1.59. The second kappa shape index (κ2) is 8.40. The summed E-state index contributed by atoms with van der Waals surface area (Å²) in [4.78, 5) is 29.7. The van der Waals surface area contributed by atoms with Crippen molar-refractivity contribution in [2.45, 2.75) is 12.2 Å². The summed E-state index contributed by atoms with van der Waals surface area (Å²) in [7, 11) is 0. The maximum Gasteiger partial charge on any atom is 0.327 e. The van der Waals surface area contributed by atoms with Gasteiger partial charge in [0.2, 0.25) is 0 Å². The van der Waals surface area contributed by atoms with Crippen LogP contribution in [0.1, 0.15) is 6.92 Å². The van der Waals surface area contributed by atoms with Gasteiger partial charge in [0, 0.05) is 5.57 Å². The highest BCUT2D eigenvalue weighted by Gasteiger charge is 2.32. The van der Waals surface area contributed by atoms with Crippen molar-refractivity contribution in [1.82, 2.24) is 10.6 Å². The van der Waals surface area contributed by atoms with Gasteiger partial charge in [0.1, 0.15) is 35.3 Å². The molecule has 0 aliphatic carbocycles. The minimum absolute atomic E-state index is 0.207. The van der Waals surface area contributed by atoms with E-state index in [0.717, 1.165) is 22.7 Å². The molecule has 0 spiro atoms. The van der Waals surface area contributed by atoms with E-state index in [-0.39, 0.29) is 11.3 Å². The summed E-state index contributed by atoms with van der Waals surface area (Å²) in [5.41, 5.74) is 1.58. The molecule has 0 saturated heterocycles. The molecule has 0 bridgehead atoms. The number of carbonyl (C=O) groups is 2. The molecule has 2 amide bonds. The van der Waals surface area contributed by atoms with Crippen LogP contribution in [0.5, 0.6) is 11.5 Å². The summed E-state index contributed by atoms with van der Waals surface area (Å²) in [6, 6.07) is 16.6. The van der Waals surface area contributed by atoms with Gasteiger partial charge in [-0.25, -0.2) is 9.69 Å². The number of anilines is 1. The zero-order chi connectivity index (χ0) is 20.2. The van der Waals surface area contributed by atoms with Crippen LogP contribution < -0.4 is 20.3 Å². The Kier molecular flexibility index (Phi) is 5.53. The first kappa shape index (κ1) is 19.1. The summed E-state index contributed by atoms with van der Waals surface area (Å²) in [5.74, 6) is 2.12. The third-order valence-corrected chi connectivity index (χ3v) is 5.50. The van der Waals surface area contributed by atoms with Gasteiger partial charge >= 0.3 is 6.03 Å². The molecule has 0 radical (unpaired) electrons. The van der Waals surface area contributed by atoms with Crippen molar-refractivity contribution < 1.29 is 14.3 Å². The number of aliphatic imine (C=N–C) groups is 1. The van der Waals surface area contributed by atoms with E-state index in [9.17, 15) is 9.59 Å². The molecule has 0 saturated carbocycles. The number of carbonyl (C=O) groups excluding carboxylic acids is 2. The lowest BCUT2D eigenvalue weighted by Crippen LogP contribution is -2.51. The number of para-hydroxylation sites is 1. The number of nitrogens with zero attached hydrogens (tertiary/aromatic N) is 2. The average Bonchev–Trinajstić information content (AvgIpc) is 2.75. The van der Waals surface area contributed by atoms with Crippen molar-refractivity contribution in [2.24, 2.45) is 4.99 Å². The molecule has 1 atom stereocenters. The summed E-state index contributed by atoms with van der Waals surface area (Å²) in [5, 5.41) is 6.64. The predicted molar refractivity (Wildman–Crippen MR) is 114 cm³/mol. The van der Waals surface area contributed by atoms with Crippen LogP contribution in [0.25, 0.3) is 0 Å². The highest BCUT2D eigenvalue weighted by molar-refractivity contribution is 8.15. The largest absolute Gasteiger partial charge is 0.457 e. The fraction of sp³-hybridized carbons (Fsp3) is 0.190. The third-order valence-electron chi connectivity index (χ3n) is 4.42. The Bertz CT molecular complexity index is 973. The highest BCUT2D eigenvalue weighted by atomic mass is 32.2. The highest BCUT2D eigenvalue weighted by Crippen LogP contribution is 2.31. The molecule has 2 aromatic rings. The van der Waals surface area contributed by atoms with Crippen molar-refractivity contribution in [2.75, 3.05) is 18.1 Å². The number of thioether (sulfide) groups is 1. The van der Waals surface area contributed by atoms with E-state index in [1.165, 1.54) is 11.8 Å². The van der Waals surface area contributed by atoms with Crippen LogP contribution >= 0.6 is 11.8 Å². The first-order chi connectivity index (χ1) is 14.2. The molecule has 2 N–H and O–H groups in total. The van der Waals surface area contributed by atoms with Gasteiger partial charge < -0.3 is 20.2 Å². The molecule has 0 aromatic heterocycles. The predicted octanol–water partition coefficient (Wildman–Crippen LogP) is 3.50. The maximum absolute atomic E-state index is 12.6. The van der Waals surface area contributed by atoms with Crippen molar-refractivity contribution in [3.63, 3.8) is 0 Å². The Labute approximate surface area is 172 Å². The number of ether oxygens (including phenoxy) is 1. The standard InChI is InChI=1S/C21H20N4O3S/c1-14(12-26)29-20-18-11-22-21(27)25(19(18)23-13-24-20)15-7-9-17(10-8-15)28-16-5-3-2-4-6-16/h2-10,12,14,23H,11,13H2,1H3,(H,22,27). The van der Waals surface area contributed by atoms with E-state index in [1.807, 2.05) is 61.5 Å². The van der Waals surface area contributed by atoms with Gasteiger partial charge in [-0.2, -0.15) is 0 Å². The van der Waals surface area contributed by atoms with Gasteiger partial charge in [0.15, 0.2) is 0 Å². The molecule has 2 aliphatic rings. The molecule has 148 valence electrons. The van der Waals surface area contributed by atoms with E-state index >= 15 is 0 Å². The number of hydrogen-bond acceptors (Lipinski definition) is 6. The van der Waals surface area contributed by atoms with Crippen LogP contribution in [0.4, 0.5) is 10.5 Å². The smallest absolute Gasteiger partial charge is 0.327 e. The lowest BCUT2D eigenvalue weighted by molar-refractivity contribution is -0.107. The molecule has 0 fully saturated rings. The van der Waals surface area contributed by atoms with Crippen molar-refractivity contribution in [3.8, 4) is 11.5 Å². The Morgan fingerprint density at radius 3 is 2.55 bits per heavy atom. The number of urea groups is 1. The fourth-order valence-corrected chi connectivity index (χ4v) is 3.91. The first-order valence-corrected chi connectivity index (χ1v) is 10.1. The minimum atomic E-state index is -0.220. The number of nitrogens with one attached hydrogen (secondary N) is 2. The number of aldehydes is 1. The molecule has 2 aromatic carbocycles. The van der Waals surface area contributed by atoms with Crippen LogP contribution in [0.2, 0.25) is 0 Å². The minimum Gasteiger partial charge on any atom is -0.457 e. The number of benzene rings is 2. The van der Waals surface area contributed by atoms with Gasteiger partial charge in [-0.1, -0.05) is 30.0 Å². The fourth-order valence-electron chi connectivity index (χ4n) is 3.05. The zero-order valence-electron chi connectivity index (χ0n) is 15.8. The zero-order valence-corrected chi connectivity index (χ0v) is 16.6. The number of hydrogen-bond donors (Lipinski definition) is 2. The molecule has 4 rings (SSSR count). The lowest BCUT2D eigenvalue weighted by Gasteiger charge is -2.35. The average molecular weight is 408 g/mol. The molecule has 8 heteroatoms. The lowest BCUT2D eigenvalue weighted by atomic mass is 10.2. The van der Waals surface area contributed by atoms with Gasteiger partial charge in [-0.3, -0.25) is 4.99 Å². The van der Waals surface area contributed by atoms with Crippen molar-refractivity contribution in [1.29, 1.82) is 0 Å². The molecule has 29 heavy (non-hydrogen) atoms. The second-order valence-electron chi connectivity index (χ2n) is 6.49. The van der Waals surface area contributed by atoms with E-state index in [1.54, 1.807) is 4.90 Å². The molecule has 2 aliphatic heterocycles. The van der Waals surface area contributed by atoms with Crippen LogP contribution in [0.15, 0.2) is 71.0 Å². The quantitative estimate of drug-likeness (QED) is 0.740. The molecular weight excluding hydrogens is 388 g/mol. The third kappa shape index (κ3) is 4.12. The van der Waals surface area contributed by atoms with Gasteiger partial charge in [-0.15, -0.1) is 0 Å². The molecule has 1 unspecified atom stereocenters. The van der Waals surface area contributed by atoms with Gasteiger partial charge in [0.25, 0.3) is 0 Å². The summed E-state index contributed by atoms with van der Waals surface area (Å²) >= 11 is 1.39. The topological polar surface area (TPSA) is 83.0 Å². The van der Waals surface area contributed by atoms with E-state index < -0.39 is 0 Å². The van der Waals surface area contributed by atoms with E-state index in [2.05, 4.69) is 15.6 Å². The second-order valence-corrected chi connectivity index (χ2v) is 7.85. The molecular formula is C21H20N4O3S. The van der Waals surface area contributed by atoms with Crippen molar-refractivity contribution in [3.05, 3.63) is 66.0 Å². The Morgan fingerprint density at radius 1 is 1.10 bits per heavy atom. The summed E-state index contributed by atoms with van der Waals surface area (Å²) < 4.78 is 5.83. The number of rotatable bonds is 5. The summed E-state index contributed by atoms with van der Waals surface area (Å²) in [6.07, 6.45) is 0.889. The number of amides is 2. The van der Waals surface area contributed by atoms with Gasteiger partial charge in [0.05, 0.1) is 17.5 Å². The Hall–Kier alpha value is -3.26. The van der Waals surface area contributed by atoms with Crippen molar-refractivity contribution >= 4 is 34.8 Å². The Morgan fingerprint density at radius 2 is 1.83 bits per heavy atom. The SMILES string of the molecule is CC(C=O)SC1=NCNC2=C1CNC(=O)N2c1ccc(Oc2ccccc2)cc1. The van der Waals surface area contributed by atoms with E-state index in [4.69, 9.17) is 4.74 Å². The van der Waals surface area contributed by atoms with E-state index in [0.29, 0.717) is 30.5 Å². The normalized spacial score (nSPS) is 16.9. The monoisotopic (exact) mass is 408 g/mol. The molecule has 2 heterocycles. The summed E-state index contributed by atoms with van der Waals surface area (Å²) in [6.45, 7) is 2.54. The molecule has 7 nitrogen and oxygen atoms in total. The van der Waals surface area contributed by atoms with Gasteiger partial charge in [-0.05, 0) is 43.3 Å².